The Balaban J connectivity index is 1.65. The fraction of sp³-hybridized carbons (Fsp3) is 0.682. The second-order valence-electron chi connectivity index (χ2n) is 8.37. The van der Waals surface area contributed by atoms with Gasteiger partial charge >= 0.3 is 5.97 Å². The second kappa shape index (κ2) is 8.78. The highest BCUT2D eigenvalue weighted by atomic mass is 19.1. The fourth-order valence-corrected chi connectivity index (χ4v) is 4.50. The van der Waals surface area contributed by atoms with Crippen LogP contribution in [0.3, 0.4) is 0 Å². The van der Waals surface area contributed by atoms with Crippen LogP contribution in [0.15, 0.2) is 18.2 Å². The van der Waals surface area contributed by atoms with E-state index in [-0.39, 0.29) is 23.9 Å². The summed E-state index contributed by atoms with van der Waals surface area (Å²) < 4.78 is 31.7. The van der Waals surface area contributed by atoms with Crippen LogP contribution in [0.1, 0.15) is 64.4 Å². The van der Waals surface area contributed by atoms with Gasteiger partial charge in [0.05, 0.1) is 18.3 Å². The molecule has 4 rings (SSSR count). The van der Waals surface area contributed by atoms with Gasteiger partial charge in [-0.25, -0.2) is 9.18 Å². The van der Waals surface area contributed by atoms with Gasteiger partial charge in [0.1, 0.15) is 18.2 Å². The second-order valence-corrected chi connectivity index (χ2v) is 8.37. The van der Waals surface area contributed by atoms with Crippen molar-refractivity contribution in [1.82, 2.24) is 0 Å². The number of carboxylic acids is 1. The van der Waals surface area contributed by atoms with Crippen LogP contribution in [-0.4, -0.2) is 37.0 Å². The molecule has 156 valence electrons. The molecule has 0 amide bonds. The van der Waals surface area contributed by atoms with Crippen molar-refractivity contribution in [3.8, 4) is 5.75 Å². The molecule has 2 saturated heterocycles. The number of ether oxygens (including phenoxy) is 3. The van der Waals surface area contributed by atoms with Crippen LogP contribution in [0, 0.1) is 11.2 Å². The quantitative estimate of drug-likeness (QED) is 0.584. The van der Waals surface area contributed by atoms with Gasteiger partial charge in [-0.3, -0.25) is 0 Å². The first-order valence-corrected chi connectivity index (χ1v) is 10.3. The molecule has 1 N–H and O–H groups in total. The van der Waals surface area contributed by atoms with Crippen LogP contribution in [0.5, 0.6) is 5.75 Å². The maximum absolute atomic E-state index is 14.3. The van der Waals surface area contributed by atoms with Crippen molar-refractivity contribution in [2.24, 2.45) is 5.41 Å². The molecule has 1 atom stereocenters. The zero-order valence-corrected chi connectivity index (χ0v) is 16.8. The van der Waals surface area contributed by atoms with Gasteiger partial charge in [-0.15, -0.1) is 0 Å². The van der Waals surface area contributed by atoms with E-state index in [0.29, 0.717) is 19.0 Å². The minimum atomic E-state index is -0.947. The molecule has 3 aliphatic rings. The van der Waals surface area contributed by atoms with Crippen molar-refractivity contribution in [2.45, 2.75) is 70.5 Å². The lowest BCUT2D eigenvalue weighted by Crippen LogP contribution is -2.49. The maximum atomic E-state index is 14.3. The van der Waals surface area contributed by atoms with E-state index in [1.54, 1.807) is 6.07 Å². The molecular formula is C22H31FO5. The largest absolute Gasteiger partial charge is 0.491 e. The first-order valence-electron chi connectivity index (χ1n) is 10.3. The predicted molar refractivity (Wildman–Crippen MR) is 103 cm³/mol. The van der Waals surface area contributed by atoms with Gasteiger partial charge in [-0.2, -0.15) is 0 Å². The molecule has 1 aliphatic carbocycles. The molecule has 1 aromatic rings. The third-order valence-electron chi connectivity index (χ3n) is 6.21. The maximum Gasteiger partial charge on any atom is 0.329 e. The number of rotatable bonds is 10. The molecule has 0 radical (unpaired) electrons. The molecular weight excluding hydrogens is 363 g/mol. The highest BCUT2D eigenvalue weighted by molar-refractivity contribution is 5.67. The number of fused-ring (bicyclic) bond motifs is 3. The lowest BCUT2D eigenvalue weighted by molar-refractivity contribution is -0.194. The Morgan fingerprint density at radius 1 is 1.29 bits per heavy atom. The van der Waals surface area contributed by atoms with E-state index < -0.39 is 11.6 Å². The summed E-state index contributed by atoms with van der Waals surface area (Å²) in [6, 6.07) is 4.96. The molecule has 1 aromatic carbocycles. The summed E-state index contributed by atoms with van der Waals surface area (Å²) in [6.07, 6.45) is 6.41. The van der Waals surface area contributed by atoms with E-state index in [1.807, 2.05) is 13.0 Å². The van der Waals surface area contributed by atoms with Gasteiger partial charge in [0, 0.05) is 12.7 Å². The highest BCUT2D eigenvalue weighted by Crippen LogP contribution is 2.55. The van der Waals surface area contributed by atoms with Gasteiger partial charge in [0.25, 0.3) is 0 Å². The fourth-order valence-electron chi connectivity index (χ4n) is 4.50. The van der Waals surface area contributed by atoms with Crippen LogP contribution in [0.2, 0.25) is 0 Å². The van der Waals surface area contributed by atoms with Gasteiger partial charge in [0.15, 0.2) is 0 Å². The first-order chi connectivity index (χ1) is 13.4. The molecule has 2 aliphatic heterocycles. The van der Waals surface area contributed by atoms with Crippen molar-refractivity contribution >= 4 is 5.97 Å². The van der Waals surface area contributed by atoms with Gasteiger partial charge in [-0.05, 0) is 68.6 Å². The molecule has 3 fully saturated rings. The third kappa shape index (κ3) is 4.84. The number of hydrogen-bond donors (Lipinski definition) is 1. The van der Waals surface area contributed by atoms with E-state index in [2.05, 4.69) is 6.92 Å². The monoisotopic (exact) mass is 394 g/mol. The Hall–Kier alpha value is -1.66. The van der Waals surface area contributed by atoms with E-state index in [1.165, 1.54) is 6.07 Å². The number of benzene rings is 1. The Labute approximate surface area is 166 Å². The van der Waals surface area contributed by atoms with E-state index in [9.17, 15) is 9.18 Å². The van der Waals surface area contributed by atoms with Crippen molar-refractivity contribution in [3.05, 3.63) is 29.6 Å². The summed E-state index contributed by atoms with van der Waals surface area (Å²) in [4.78, 5) is 10.6. The van der Waals surface area contributed by atoms with Crippen molar-refractivity contribution < 1.29 is 28.5 Å². The molecule has 1 unspecified atom stereocenters. The average molecular weight is 394 g/mol. The highest BCUT2D eigenvalue weighted by Gasteiger charge is 2.50. The smallest absolute Gasteiger partial charge is 0.329 e. The van der Waals surface area contributed by atoms with Gasteiger partial charge in [-0.1, -0.05) is 13.3 Å². The molecule has 28 heavy (non-hydrogen) atoms. The number of hydrogen-bond acceptors (Lipinski definition) is 4. The Bertz CT molecular complexity index is 665. The summed E-state index contributed by atoms with van der Waals surface area (Å²) in [7, 11) is 0. The van der Waals surface area contributed by atoms with Crippen LogP contribution < -0.4 is 4.74 Å². The number of halogens is 1. The summed E-state index contributed by atoms with van der Waals surface area (Å²) in [5, 5.41) is 8.68. The number of carbonyl (C=O) groups is 1. The Morgan fingerprint density at radius 3 is 2.64 bits per heavy atom. The first kappa shape index (κ1) is 21.1. The Kier molecular flexibility index (Phi) is 6.61. The van der Waals surface area contributed by atoms with Crippen molar-refractivity contribution in [3.63, 3.8) is 0 Å². The topological polar surface area (TPSA) is 65.0 Å². The van der Waals surface area contributed by atoms with Crippen molar-refractivity contribution in [2.75, 3.05) is 19.8 Å². The third-order valence-corrected chi connectivity index (χ3v) is 6.21. The SMILES string of the molecule is CCCC(C)Oc1cc(F)cc(C23CCC(CCOCC(=O)O)(CC2)CO3)c1. The van der Waals surface area contributed by atoms with E-state index in [4.69, 9.17) is 19.3 Å². The molecule has 6 heteroatoms. The zero-order chi connectivity index (χ0) is 20.2. The summed E-state index contributed by atoms with van der Waals surface area (Å²) in [5.41, 5.74) is 0.460. The lowest BCUT2D eigenvalue weighted by Gasteiger charge is -2.53. The van der Waals surface area contributed by atoms with Crippen LogP contribution >= 0.6 is 0 Å². The van der Waals surface area contributed by atoms with E-state index in [0.717, 1.165) is 50.5 Å². The summed E-state index contributed by atoms with van der Waals surface area (Å²) in [5.74, 6) is -0.672. The van der Waals surface area contributed by atoms with Gasteiger partial charge in [0.2, 0.25) is 0 Å². The average Bonchev–Trinajstić information content (AvgIpc) is 2.66. The summed E-state index contributed by atoms with van der Waals surface area (Å²) in [6.45, 7) is 4.87. The number of aliphatic carboxylic acids is 1. The molecule has 2 heterocycles. The lowest BCUT2D eigenvalue weighted by atomic mass is 9.63. The normalized spacial score (nSPS) is 27.5. The zero-order valence-electron chi connectivity index (χ0n) is 16.8. The minimum absolute atomic E-state index is 0.0442. The molecule has 1 saturated carbocycles. The minimum Gasteiger partial charge on any atom is -0.491 e. The van der Waals surface area contributed by atoms with Crippen LogP contribution in [0.25, 0.3) is 0 Å². The number of carboxylic acid groups (broad SMARTS) is 1. The standard InChI is InChI=1S/C22H31FO5/c1-3-4-16(2)28-19-12-17(11-18(23)13-19)22-7-5-21(6-8-22,15-27-22)9-10-26-14-20(24)25/h11-13,16H,3-10,14-15H2,1-2H3,(H,24,25). The predicted octanol–water partition coefficient (Wildman–Crippen LogP) is 4.67. The van der Waals surface area contributed by atoms with Crippen molar-refractivity contribution in [1.29, 1.82) is 0 Å². The van der Waals surface area contributed by atoms with Crippen LogP contribution in [-0.2, 0) is 19.9 Å². The molecule has 2 bridgehead atoms. The van der Waals surface area contributed by atoms with E-state index >= 15 is 0 Å². The Morgan fingerprint density at radius 2 is 2.04 bits per heavy atom. The summed E-state index contributed by atoms with van der Waals surface area (Å²) >= 11 is 0. The molecule has 0 spiro atoms. The molecule has 5 nitrogen and oxygen atoms in total. The van der Waals surface area contributed by atoms with Crippen LogP contribution in [0.4, 0.5) is 4.39 Å². The van der Waals surface area contributed by atoms with Gasteiger partial charge < -0.3 is 19.3 Å². The molecule has 0 aromatic heterocycles.